The molecule has 0 saturated carbocycles. The smallest absolute Gasteiger partial charge is 0.0566 e. The Hall–Kier alpha value is -0.0400. The van der Waals surface area contributed by atoms with Crippen molar-refractivity contribution in [2.45, 2.75) is 13.8 Å². The quantitative estimate of drug-likeness (QED) is 0.491. The molecule has 0 bridgehead atoms. The van der Waals surface area contributed by atoms with Gasteiger partial charge in [0.2, 0.25) is 0 Å². The van der Waals surface area contributed by atoms with Gasteiger partial charge in [-0.25, -0.2) is 0 Å². The van der Waals surface area contributed by atoms with Crippen molar-refractivity contribution >= 4 is 0 Å². The predicted octanol–water partition coefficient (Wildman–Crippen LogP) is 0.635. The molecule has 0 aromatic rings. The van der Waals surface area contributed by atoms with Crippen LogP contribution in [0, 0.1) is 5.89 Å². The Morgan fingerprint density at radius 1 is 2.60 bits per heavy atom. The largest absolute Gasteiger partial charge is 0.396 e. The first-order chi connectivity index (χ1) is 5.06. The highest BCUT2D eigenvalue weighted by atomic mass is 16.3. The molecule has 0 aliphatic rings. The maximum absolute atomic E-state index is 8.74. The minimum Gasteiger partial charge on any atom is -0.396 e. The minimum atomic E-state index is -3.19. The van der Waals surface area contributed by atoms with Crippen LogP contribution < -0.4 is 0 Å². The number of rotatable bonds is 1. The standard InChI is InChI=1S/C4H10O/c1-4(2)3-5/h4-5H,3H2,1-2H3/i1D,2D3,3D2,4D. The van der Waals surface area contributed by atoms with Crippen molar-refractivity contribution in [3.63, 3.8) is 0 Å². The van der Waals surface area contributed by atoms with Gasteiger partial charge >= 0.3 is 0 Å². The summed E-state index contributed by atoms with van der Waals surface area (Å²) in [5.41, 5.74) is 0. The fourth-order valence-electron chi connectivity index (χ4n) is 0. The summed E-state index contributed by atoms with van der Waals surface area (Å²) in [6, 6.07) is 0. The van der Waals surface area contributed by atoms with Crippen LogP contribution >= 0.6 is 0 Å². The Kier molecular flexibility index (Phi) is 0.287. The second-order valence-corrected chi connectivity index (χ2v) is 0.590. The normalized spacial score (nSPS) is 47.0. The van der Waals surface area contributed by atoms with Crippen molar-refractivity contribution in [1.82, 2.24) is 0 Å². The van der Waals surface area contributed by atoms with Gasteiger partial charge in [0.05, 0.1) is 2.74 Å². The maximum Gasteiger partial charge on any atom is 0.0566 e. The summed E-state index contributed by atoms with van der Waals surface area (Å²) in [6.45, 7) is -7.22. The monoisotopic (exact) mass is 81.1 g/mol. The van der Waals surface area contributed by atoms with Crippen LogP contribution in [0.5, 0.6) is 0 Å². The van der Waals surface area contributed by atoms with Gasteiger partial charge in [0.15, 0.2) is 0 Å². The summed E-state index contributed by atoms with van der Waals surface area (Å²) >= 11 is 0. The van der Waals surface area contributed by atoms with Crippen LogP contribution in [0.15, 0.2) is 0 Å². The van der Waals surface area contributed by atoms with Crippen LogP contribution in [0.4, 0.5) is 0 Å². The molecule has 5 heavy (non-hydrogen) atoms. The van der Waals surface area contributed by atoms with Gasteiger partial charge in [-0.3, -0.25) is 0 Å². The topological polar surface area (TPSA) is 20.2 Å². The average Bonchev–Trinajstić information content (AvgIpc) is 1.81. The Labute approximate surface area is 42.5 Å². The zero-order valence-electron chi connectivity index (χ0n) is 9.65. The fraction of sp³-hybridized carbons (Fsp3) is 1.00. The minimum absolute atomic E-state index is 1.02. The van der Waals surface area contributed by atoms with Crippen LogP contribution in [0.2, 0.25) is 0 Å². The molecule has 1 atom stereocenters. The molecule has 0 amide bonds. The van der Waals surface area contributed by atoms with E-state index in [1.807, 2.05) is 0 Å². The Morgan fingerprint density at radius 3 is 3.40 bits per heavy atom. The summed E-state index contributed by atoms with van der Waals surface area (Å²) in [7, 11) is 0. The summed E-state index contributed by atoms with van der Waals surface area (Å²) in [5, 5.41) is 8.74. The zero-order chi connectivity index (χ0) is 10.2. The third-order valence-corrected chi connectivity index (χ3v) is 0.135. The highest BCUT2D eigenvalue weighted by Crippen LogP contribution is 1.83. The molecule has 0 saturated heterocycles. The van der Waals surface area contributed by atoms with E-state index in [1.54, 1.807) is 0 Å². The van der Waals surface area contributed by atoms with E-state index in [9.17, 15) is 0 Å². The summed E-state index contributed by atoms with van der Waals surface area (Å²) in [6.07, 6.45) is 0. The Bertz CT molecular complexity index is 142. The number of hydrogen-bond acceptors (Lipinski definition) is 1. The second-order valence-electron chi connectivity index (χ2n) is 0.590. The predicted molar refractivity (Wildman–Crippen MR) is 21.9 cm³/mol. The van der Waals surface area contributed by atoms with Gasteiger partial charge in [0.25, 0.3) is 0 Å². The van der Waals surface area contributed by atoms with Gasteiger partial charge < -0.3 is 5.11 Å². The molecule has 0 radical (unpaired) electrons. The van der Waals surface area contributed by atoms with Gasteiger partial charge in [-0.1, -0.05) is 13.8 Å². The molecule has 1 nitrogen and oxygen atoms in total. The van der Waals surface area contributed by atoms with E-state index in [4.69, 9.17) is 14.7 Å². The van der Waals surface area contributed by atoms with Crippen molar-refractivity contribution in [1.29, 1.82) is 0 Å². The highest BCUT2D eigenvalue weighted by molar-refractivity contribution is 4.32. The van der Waals surface area contributed by atoms with E-state index in [1.165, 1.54) is 0 Å². The first-order valence-corrected chi connectivity index (χ1v) is 1.08. The lowest BCUT2D eigenvalue weighted by molar-refractivity contribution is 0.248. The molecule has 0 heterocycles. The van der Waals surface area contributed by atoms with E-state index in [0.29, 0.717) is 0 Å². The molecular formula is C4H10O. The lowest BCUT2D eigenvalue weighted by Crippen LogP contribution is -1.90. The number of hydrogen-bond donors (Lipinski definition) is 1. The van der Waals surface area contributed by atoms with Crippen LogP contribution in [0.1, 0.15) is 23.3 Å². The molecule has 1 unspecified atom stereocenters. The van der Waals surface area contributed by atoms with Gasteiger partial charge in [0, 0.05) is 13.4 Å². The van der Waals surface area contributed by atoms with Crippen LogP contribution in [0.3, 0.4) is 0 Å². The van der Waals surface area contributed by atoms with Gasteiger partial charge in [-0.2, -0.15) is 0 Å². The fourth-order valence-corrected chi connectivity index (χ4v) is 0. The van der Waals surface area contributed by atoms with Crippen molar-refractivity contribution in [3.8, 4) is 0 Å². The first kappa shape index (κ1) is 0.648. The summed E-state index contributed by atoms with van der Waals surface area (Å²) in [5.74, 6) is -2.78. The van der Waals surface area contributed by atoms with E-state index < -0.39 is 26.2 Å². The van der Waals surface area contributed by atoms with Crippen molar-refractivity contribution in [2.24, 2.45) is 5.89 Å². The average molecular weight is 81.2 g/mol. The molecule has 0 rings (SSSR count). The Balaban J connectivity index is 4.95. The Morgan fingerprint density at radius 2 is 3.40 bits per heavy atom. The lowest BCUT2D eigenvalue weighted by atomic mass is 10.2. The molecular weight excluding hydrogens is 64.0 g/mol. The van der Waals surface area contributed by atoms with Crippen molar-refractivity contribution in [2.75, 3.05) is 6.56 Å². The lowest BCUT2D eigenvalue weighted by Gasteiger charge is -1.90. The van der Waals surface area contributed by atoms with Gasteiger partial charge in [-0.05, 0) is 5.89 Å². The molecule has 0 aliphatic carbocycles. The molecule has 32 valence electrons. The second kappa shape index (κ2) is 2.21. The molecule has 1 N–H and O–H groups in total. The van der Waals surface area contributed by atoms with Crippen LogP contribution in [-0.2, 0) is 0 Å². The summed E-state index contributed by atoms with van der Waals surface area (Å²) < 4.78 is 47.5. The molecule has 0 fully saturated rings. The molecule has 0 aliphatic heterocycles. The molecule has 0 aromatic carbocycles. The molecule has 1 heteroatoms. The molecule has 0 spiro atoms. The van der Waals surface area contributed by atoms with E-state index in [2.05, 4.69) is 0 Å². The van der Waals surface area contributed by atoms with Gasteiger partial charge in [0.1, 0.15) is 0 Å². The van der Waals surface area contributed by atoms with E-state index >= 15 is 0 Å². The highest BCUT2D eigenvalue weighted by Gasteiger charge is 1.81. The summed E-state index contributed by atoms with van der Waals surface area (Å²) in [4.78, 5) is 0. The van der Waals surface area contributed by atoms with Crippen molar-refractivity contribution in [3.05, 3.63) is 0 Å². The maximum atomic E-state index is 8.74. The zero-order valence-corrected chi connectivity index (χ0v) is 2.65. The number of aliphatic hydroxyl groups is 1. The third-order valence-electron chi connectivity index (χ3n) is 0.135. The van der Waals surface area contributed by atoms with Crippen LogP contribution in [0.25, 0.3) is 0 Å². The van der Waals surface area contributed by atoms with E-state index in [-0.39, 0.29) is 0 Å². The van der Waals surface area contributed by atoms with E-state index in [0.717, 1.165) is 0 Å². The third kappa shape index (κ3) is 3.96. The SMILES string of the molecule is [2H]CC([2H])(C([2H])([2H])[2H])C([2H])([2H])O. The van der Waals surface area contributed by atoms with Gasteiger partial charge in [-0.15, -0.1) is 0 Å². The first-order valence-electron chi connectivity index (χ1n) is 4.78. The van der Waals surface area contributed by atoms with Crippen LogP contribution in [-0.4, -0.2) is 11.7 Å². The van der Waals surface area contributed by atoms with Crippen molar-refractivity contribution < 1.29 is 14.7 Å². The molecule has 0 aromatic heterocycles.